The van der Waals surface area contributed by atoms with Crippen molar-refractivity contribution in [3.8, 4) is 0 Å². The standard InChI is InChI=1S/C14H22BrClN2O/c1-4-14(5-2,19-3)13(18-17)8-10-6-7-11(15)9-12(10)16/h6-7,9,13,18H,4-5,8,17H2,1-3H3. The molecule has 1 atom stereocenters. The van der Waals surface area contributed by atoms with Gasteiger partial charge in [0.15, 0.2) is 0 Å². The third kappa shape index (κ3) is 3.92. The summed E-state index contributed by atoms with van der Waals surface area (Å²) in [5.41, 5.74) is 3.68. The van der Waals surface area contributed by atoms with Crippen LogP contribution in [0.2, 0.25) is 5.02 Å². The second-order valence-corrected chi connectivity index (χ2v) is 5.96. The Labute approximate surface area is 128 Å². The molecule has 0 saturated heterocycles. The van der Waals surface area contributed by atoms with Crippen LogP contribution < -0.4 is 11.3 Å². The molecule has 0 aliphatic rings. The van der Waals surface area contributed by atoms with Crippen molar-refractivity contribution in [1.82, 2.24) is 5.43 Å². The molecule has 0 amide bonds. The third-order valence-corrected chi connectivity index (χ3v) is 4.72. The number of halogens is 2. The topological polar surface area (TPSA) is 47.3 Å². The van der Waals surface area contributed by atoms with E-state index in [4.69, 9.17) is 22.2 Å². The molecular formula is C14H22BrClN2O. The van der Waals surface area contributed by atoms with E-state index in [-0.39, 0.29) is 11.6 Å². The minimum atomic E-state index is -0.273. The number of ether oxygens (including phenoxy) is 1. The Balaban J connectivity index is 2.98. The van der Waals surface area contributed by atoms with Gasteiger partial charge in [0.05, 0.1) is 11.6 Å². The van der Waals surface area contributed by atoms with Crippen molar-refractivity contribution in [2.45, 2.75) is 44.8 Å². The van der Waals surface area contributed by atoms with Gasteiger partial charge in [-0.25, -0.2) is 0 Å². The zero-order valence-corrected chi connectivity index (χ0v) is 14.0. The SMILES string of the molecule is CCC(CC)(OC)C(Cc1ccc(Br)cc1Cl)NN. The first-order chi connectivity index (χ1) is 9.02. The summed E-state index contributed by atoms with van der Waals surface area (Å²) < 4.78 is 6.70. The number of nitrogens with one attached hydrogen (secondary N) is 1. The van der Waals surface area contributed by atoms with Crippen LogP contribution in [0, 0.1) is 0 Å². The van der Waals surface area contributed by atoms with Gasteiger partial charge in [-0.3, -0.25) is 11.3 Å². The fourth-order valence-electron chi connectivity index (χ4n) is 2.48. The Morgan fingerprint density at radius 2 is 2.05 bits per heavy atom. The normalized spacial score (nSPS) is 13.6. The summed E-state index contributed by atoms with van der Waals surface area (Å²) in [5.74, 6) is 5.73. The molecule has 5 heteroatoms. The first kappa shape index (κ1) is 16.9. The van der Waals surface area contributed by atoms with Gasteiger partial charge in [-0.1, -0.05) is 47.4 Å². The second kappa shape index (κ2) is 7.60. The van der Waals surface area contributed by atoms with Crippen molar-refractivity contribution >= 4 is 27.5 Å². The summed E-state index contributed by atoms with van der Waals surface area (Å²) in [7, 11) is 1.74. The lowest BCUT2D eigenvalue weighted by atomic mass is 9.85. The summed E-state index contributed by atoms with van der Waals surface area (Å²) in [5, 5.41) is 0.742. The predicted molar refractivity (Wildman–Crippen MR) is 84.3 cm³/mol. The van der Waals surface area contributed by atoms with Gasteiger partial charge in [0.1, 0.15) is 0 Å². The van der Waals surface area contributed by atoms with Gasteiger partial charge in [-0.2, -0.15) is 0 Å². The molecule has 0 spiro atoms. The van der Waals surface area contributed by atoms with Crippen LogP contribution >= 0.6 is 27.5 Å². The van der Waals surface area contributed by atoms with Crippen LogP contribution in [0.4, 0.5) is 0 Å². The summed E-state index contributed by atoms with van der Waals surface area (Å²) in [6.07, 6.45) is 2.52. The maximum Gasteiger partial charge on any atom is 0.0842 e. The van der Waals surface area contributed by atoms with Crippen molar-refractivity contribution in [2.24, 2.45) is 5.84 Å². The predicted octanol–water partition coefficient (Wildman–Crippen LogP) is 3.68. The van der Waals surface area contributed by atoms with Crippen molar-refractivity contribution in [3.05, 3.63) is 33.3 Å². The Morgan fingerprint density at radius 3 is 2.47 bits per heavy atom. The maximum atomic E-state index is 6.27. The lowest BCUT2D eigenvalue weighted by molar-refractivity contribution is -0.0472. The van der Waals surface area contributed by atoms with E-state index in [1.165, 1.54) is 0 Å². The number of nitrogens with two attached hydrogens (primary N) is 1. The van der Waals surface area contributed by atoms with Crippen LogP contribution in [0.15, 0.2) is 22.7 Å². The van der Waals surface area contributed by atoms with Gasteiger partial charge in [0.25, 0.3) is 0 Å². The summed E-state index contributed by atoms with van der Waals surface area (Å²) in [4.78, 5) is 0. The van der Waals surface area contributed by atoms with E-state index in [9.17, 15) is 0 Å². The Bertz CT molecular complexity index is 402. The maximum absolute atomic E-state index is 6.27. The zero-order chi connectivity index (χ0) is 14.5. The number of rotatable bonds is 7. The highest BCUT2D eigenvalue weighted by Gasteiger charge is 2.35. The molecular weight excluding hydrogens is 328 g/mol. The molecule has 0 aliphatic heterocycles. The molecule has 1 unspecified atom stereocenters. The number of benzene rings is 1. The van der Waals surface area contributed by atoms with Crippen LogP contribution in [0.1, 0.15) is 32.3 Å². The largest absolute Gasteiger partial charge is 0.377 e. The van der Waals surface area contributed by atoms with Crippen molar-refractivity contribution in [3.63, 3.8) is 0 Å². The first-order valence-electron chi connectivity index (χ1n) is 6.48. The van der Waals surface area contributed by atoms with Crippen molar-refractivity contribution in [1.29, 1.82) is 0 Å². The quantitative estimate of drug-likeness (QED) is 0.583. The van der Waals surface area contributed by atoms with Gasteiger partial charge in [-0.15, -0.1) is 0 Å². The van der Waals surface area contributed by atoms with Crippen LogP contribution in [-0.2, 0) is 11.2 Å². The van der Waals surface area contributed by atoms with E-state index < -0.39 is 0 Å². The molecule has 3 N–H and O–H groups in total. The number of methoxy groups -OCH3 is 1. The van der Waals surface area contributed by atoms with Crippen molar-refractivity contribution in [2.75, 3.05) is 7.11 Å². The molecule has 108 valence electrons. The van der Waals surface area contributed by atoms with E-state index in [0.29, 0.717) is 0 Å². The molecule has 1 rings (SSSR count). The van der Waals surface area contributed by atoms with Gasteiger partial charge < -0.3 is 4.74 Å². The molecule has 0 saturated carbocycles. The van der Waals surface area contributed by atoms with Gasteiger partial charge in [-0.05, 0) is 37.0 Å². The van der Waals surface area contributed by atoms with E-state index in [0.717, 1.165) is 34.3 Å². The lowest BCUT2D eigenvalue weighted by Gasteiger charge is -2.38. The average Bonchev–Trinajstić information content (AvgIpc) is 2.42. The molecule has 0 aliphatic carbocycles. The van der Waals surface area contributed by atoms with Crippen LogP contribution in [0.25, 0.3) is 0 Å². The Kier molecular flexibility index (Phi) is 6.77. The summed E-state index contributed by atoms with van der Waals surface area (Å²) >= 11 is 9.68. The molecule has 1 aromatic rings. The molecule has 0 bridgehead atoms. The molecule has 0 aromatic heterocycles. The molecule has 1 aromatic carbocycles. The van der Waals surface area contributed by atoms with Gasteiger partial charge in [0.2, 0.25) is 0 Å². The zero-order valence-electron chi connectivity index (χ0n) is 11.7. The lowest BCUT2D eigenvalue weighted by Crippen LogP contribution is -2.55. The van der Waals surface area contributed by atoms with Crippen LogP contribution in [-0.4, -0.2) is 18.8 Å². The van der Waals surface area contributed by atoms with E-state index in [1.54, 1.807) is 7.11 Å². The minimum Gasteiger partial charge on any atom is -0.377 e. The monoisotopic (exact) mass is 348 g/mol. The smallest absolute Gasteiger partial charge is 0.0842 e. The summed E-state index contributed by atoms with van der Waals surface area (Å²) in [6, 6.07) is 5.92. The van der Waals surface area contributed by atoms with E-state index in [2.05, 4.69) is 35.2 Å². The van der Waals surface area contributed by atoms with Crippen LogP contribution in [0.3, 0.4) is 0 Å². The average molecular weight is 350 g/mol. The molecule has 19 heavy (non-hydrogen) atoms. The molecule has 0 fully saturated rings. The highest BCUT2D eigenvalue weighted by atomic mass is 79.9. The number of hydrogen-bond acceptors (Lipinski definition) is 3. The molecule has 0 radical (unpaired) electrons. The van der Waals surface area contributed by atoms with E-state index >= 15 is 0 Å². The van der Waals surface area contributed by atoms with Gasteiger partial charge >= 0.3 is 0 Å². The number of hydrazine groups is 1. The third-order valence-electron chi connectivity index (χ3n) is 3.88. The highest BCUT2D eigenvalue weighted by Crippen LogP contribution is 2.29. The van der Waals surface area contributed by atoms with Gasteiger partial charge in [0, 0.05) is 16.6 Å². The minimum absolute atomic E-state index is 0.0196. The van der Waals surface area contributed by atoms with Crippen LogP contribution in [0.5, 0.6) is 0 Å². The molecule has 3 nitrogen and oxygen atoms in total. The number of hydrogen-bond donors (Lipinski definition) is 2. The second-order valence-electron chi connectivity index (χ2n) is 4.64. The fourth-order valence-corrected chi connectivity index (χ4v) is 3.23. The fraction of sp³-hybridized carbons (Fsp3) is 0.571. The highest BCUT2D eigenvalue weighted by molar-refractivity contribution is 9.10. The summed E-state index contributed by atoms with van der Waals surface area (Å²) in [6.45, 7) is 4.22. The molecule has 0 heterocycles. The Hall–Kier alpha value is -0.130. The van der Waals surface area contributed by atoms with E-state index in [1.807, 2.05) is 18.2 Å². The van der Waals surface area contributed by atoms with Crippen molar-refractivity contribution < 1.29 is 4.74 Å². The first-order valence-corrected chi connectivity index (χ1v) is 7.65. The Morgan fingerprint density at radius 1 is 1.42 bits per heavy atom.